The third kappa shape index (κ3) is 4.72. The number of fused-ring (bicyclic) bond motifs is 4. The number of halogens is 2. The Balaban J connectivity index is 1.38. The average Bonchev–Trinajstić information content (AvgIpc) is 3.65. The first-order valence-corrected chi connectivity index (χ1v) is 14.8. The summed E-state index contributed by atoms with van der Waals surface area (Å²) in [6.07, 6.45) is 2.25. The van der Waals surface area contributed by atoms with E-state index >= 15 is 4.39 Å². The number of rotatable bonds is 7. The number of phenols is 1. The normalized spacial score (nSPS) is 24.6. The number of phenolic OH excluding ortho intramolecular Hbond substituents is 1. The number of aromatic nitrogens is 2. The highest BCUT2D eigenvalue weighted by Crippen LogP contribution is 2.47. The minimum atomic E-state index is -0.597. The molecule has 0 radical (unpaired) electrons. The van der Waals surface area contributed by atoms with Crippen molar-refractivity contribution >= 4 is 39.1 Å². The molecule has 3 N–H and O–H groups in total. The van der Waals surface area contributed by atoms with Crippen molar-refractivity contribution in [2.24, 2.45) is 5.41 Å². The zero-order chi connectivity index (χ0) is 29.4. The molecule has 1 aliphatic carbocycles. The smallest absolute Gasteiger partial charge is 0.319 e. The fraction of sp³-hybridized carbons (Fsp3) is 0.438. The molecule has 1 aromatic heterocycles. The summed E-state index contributed by atoms with van der Waals surface area (Å²) in [7, 11) is 4.09. The number of benzene rings is 3. The van der Waals surface area contributed by atoms with Gasteiger partial charge in [-0.15, -0.1) is 0 Å². The van der Waals surface area contributed by atoms with Crippen LogP contribution in [0.4, 0.5) is 10.2 Å². The molecule has 1 unspecified atom stereocenters. The molecule has 42 heavy (non-hydrogen) atoms. The number of piperazine rings is 1. The van der Waals surface area contributed by atoms with Crippen molar-refractivity contribution in [2.75, 3.05) is 45.2 Å². The Morgan fingerprint density at radius 3 is 2.69 bits per heavy atom. The average molecular weight is 592 g/mol. The Hall–Kier alpha value is -3.24. The number of aliphatic hydroxyl groups excluding tert-OH is 1. The van der Waals surface area contributed by atoms with Crippen LogP contribution in [-0.4, -0.2) is 83.1 Å². The largest absolute Gasteiger partial charge is 0.508 e. The summed E-state index contributed by atoms with van der Waals surface area (Å²) in [5.74, 6) is -0.0432. The van der Waals surface area contributed by atoms with Crippen molar-refractivity contribution in [3.05, 3.63) is 53.3 Å². The van der Waals surface area contributed by atoms with Gasteiger partial charge in [-0.05, 0) is 74.8 Å². The van der Waals surface area contributed by atoms with Gasteiger partial charge in [0.25, 0.3) is 0 Å². The van der Waals surface area contributed by atoms with Crippen molar-refractivity contribution in [3.63, 3.8) is 0 Å². The van der Waals surface area contributed by atoms with Crippen LogP contribution in [0.15, 0.2) is 42.5 Å². The summed E-state index contributed by atoms with van der Waals surface area (Å²) in [5, 5.41) is 27.0. The van der Waals surface area contributed by atoms with Gasteiger partial charge in [-0.1, -0.05) is 35.9 Å². The van der Waals surface area contributed by atoms with Gasteiger partial charge in [0.2, 0.25) is 0 Å². The Morgan fingerprint density at radius 2 is 1.95 bits per heavy atom. The van der Waals surface area contributed by atoms with E-state index in [1.165, 1.54) is 6.07 Å². The van der Waals surface area contributed by atoms with Gasteiger partial charge in [0.1, 0.15) is 17.1 Å². The molecule has 0 spiro atoms. The summed E-state index contributed by atoms with van der Waals surface area (Å²) >= 11 is 6.86. The van der Waals surface area contributed by atoms with Crippen LogP contribution in [0, 0.1) is 11.2 Å². The van der Waals surface area contributed by atoms with Crippen molar-refractivity contribution < 1.29 is 19.3 Å². The van der Waals surface area contributed by atoms with Gasteiger partial charge in [-0.3, -0.25) is 0 Å². The maximum Gasteiger partial charge on any atom is 0.319 e. The number of nitrogens with zero attached hydrogens (tertiary/aromatic N) is 4. The molecular formula is C32H35ClFN5O3. The molecule has 3 atom stereocenters. The van der Waals surface area contributed by atoms with E-state index in [2.05, 4.69) is 20.1 Å². The predicted molar refractivity (Wildman–Crippen MR) is 163 cm³/mol. The van der Waals surface area contributed by atoms with E-state index in [1.54, 1.807) is 12.1 Å². The second-order valence-corrected chi connectivity index (χ2v) is 13.3. The highest BCUT2D eigenvalue weighted by Gasteiger charge is 2.48. The number of aliphatic hydroxyl groups is 1. The molecule has 3 aromatic carbocycles. The standard InChI is InChI=1S/C32H35ClFN5O3/c1-31-15-39(14-19(37-31)11-25(31)41)29-23-13-24(33)26(22-12-20(40)10-18-6-4-5-7-21(18)22)27(34)28(23)35-30(36-29)42-17-32(8-9-32)16-38(2)3/h4-7,10,12-13,19,25,37,40-41H,8-9,11,14-17H2,1-3H3/t19-,25-,31?/m0/s1. The molecule has 8 nitrogen and oxygen atoms in total. The highest BCUT2D eigenvalue weighted by atomic mass is 35.5. The van der Waals surface area contributed by atoms with Gasteiger partial charge in [0.05, 0.1) is 23.3 Å². The second kappa shape index (κ2) is 9.91. The van der Waals surface area contributed by atoms with Crippen LogP contribution in [0.3, 0.4) is 0 Å². The maximum atomic E-state index is 16.8. The SMILES string of the molecule is CN(C)CC1(COc2nc(N3C[C@@H]4C[C@H](O)C(C)(C3)N4)c3cc(Cl)c(-c4cc(O)cc5ccccc45)c(F)c3n2)CC1. The summed E-state index contributed by atoms with van der Waals surface area (Å²) < 4.78 is 23.0. The lowest BCUT2D eigenvalue weighted by atomic mass is 9.95. The van der Waals surface area contributed by atoms with E-state index in [0.29, 0.717) is 42.9 Å². The summed E-state index contributed by atoms with van der Waals surface area (Å²) in [6, 6.07) is 12.6. The van der Waals surface area contributed by atoms with Gasteiger partial charge < -0.3 is 30.1 Å². The van der Waals surface area contributed by atoms with E-state index < -0.39 is 17.5 Å². The first kappa shape index (κ1) is 27.6. The summed E-state index contributed by atoms with van der Waals surface area (Å²) in [4.78, 5) is 13.7. The van der Waals surface area contributed by atoms with Gasteiger partial charge in [0.15, 0.2) is 5.82 Å². The minimum Gasteiger partial charge on any atom is -0.508 e. The van der Waals surface area contributed by atoms with E-state index in [9.17, 15) is 10.2 Å². The highest BCUT2D eigenvalue weighted by molar-refractivity contribution is 6.35. The van der Waals surface area contributed by atoms with Crippen molar-refractivity contribution in [3.8, 4) is 22.9 Å². The Kier molecular flexibility index (Phi) is 6.51. The predicted octanol–water partition coefficient (Wildman–Crippen LogP) is 4.97. The third-order valence-electron chi connectivity index (χ3n) is 9.11. The van der Waals surface area contributed by atoms with Crippen LogP contribution in [0.25, 0.3) is 32.8 Å². The molecule has 2 bridgehead atoms. The van der Waals surface area contributed by atoms with Crippen molar-refractivity contribution in [2.45, 2.75) is 43.9 Å². The lowest BCUT2D eigenvalue weighted by Gasteiger charge is -2.41. The molecule has 3 fully saturated rings. The number of hydrogen-bond acceptors (Lipinski definition) is 8. The zero-order valence-corrected chi connectivity index (χ0v) is 24.7. The van der Waals surface area contributed by atoms with Gasteiger partial charge in [-0.2, -0.15) is 9.97 Å². The quantitative estimate of drug-likeness (QED) is 0.277. The molecule has 3 heterocycles. The molecule has 3 aliphatic rings. The second-order valence-electron chi connectivity index (χ2n) is 12.9. The number of anilines is 1. The number of hydrogen-bond donors (Lipinski definition) is 3. The van der Waals surface area contributed by atoms with E-state index in [4.69, 9.17) is 21.3 Å². The van der Waals surface area contributed by atoms with Crippen molar-refractivity contribution in [1.82, 2.24) is 20.2 Å². The zero-order valence-electron chi connectivity index (χ0n) is 24.0. The monoisotopic (exact) mass is 591 g/mol. The van der Waals surface area contributed by atoms with Crippen LogP contribution in [0.5, 0.6) is 11.8 Å². The lowest BCUT2D eigenvalue weighted by molar-refractivity contribution is 0.111. The van der Waals surface area contributed by atoms with E-state index in [-0.39, 0.29) is 39.3 Å². The Bertz CT molecular complexity index is 1710. The first-order valence-electron chi connectivity index (χ1n) is 14.4. The van der Waals surface area contributed by atoms with E-state index in [1.807, 2.05) is 45.3 Å². The lowest BCUT2D eigenvalue weighted by Crippen LogP contribution is -2.61. The molecule has 0 amide bonds. The van der Waals surface area contributed by atoms with Crippen LogP contribution >= 0.6 is 11.6 Å². The van der Waals surface area contributed by atoms with Crippen LogP contribution in [0.2, 0.25) is 5.02 Å². The number of ether oxygens (including phenoxy) is 1. The summed E-state index contributed by atoms with van der Waals surface area (Å²) in [5.41, 5.74) is 0.277. The topological polar surface area (TPSA) is 94.0 Å². The molecule has 1 saturated carbocycles. The molecule has 7 rings (SSSR count). The summed E-state index contributed by atoms with van der Waals surface area (Å²) in [6.45, 7) is 4.42. The van der Waals surface area contributed by atoms with Crippen LogP contribution < -0.4 is 15.0 Å². The van der Waals surface area contributed by atoms with Crippen LogP contribution in [0.1, 0.15) is 26.2 Å². The van der Waals surface area contributed by atoms with Gasteiger partial charge in [-0.25, -0.2) is 4.39 Å². The molecule has 220 valence electrons. The van der Waals surface area contributed by atoms with Gasteiger partial charge in [0, 0.05) is 42.0 Å². The molecule has 10 heteroatoms. The van der Waals surface area contributed by atoms with Gasteiger partial charge >= 0.3 is 6.01 Å². The first-order chi connectivity index (χ1) is 20.0. The Morgan fingerprint density at radius 1 is 1.17 bits per heavy atom. The minimum absolute atomic E-state index is 0.0189. The molecule has 4 aromatic rings. The number of nitrogens with one attached hydrogen (secondary N) is 1. The Labute approximate surface area is 249 Å². The molecule has 2 aliphatic heterocycles. The number of aromatic hydroxyl groups is 1. The van der Waals surface area contributed by atoms with Crippen LogP contribution in [-0.2, 0) is 0 Å². The van der Waals surface area contributed by atoms with E-state index in [0.717, 1.165) is 30.2 Å². The molecule has 2 saturated heterocycles. The third-order valence-corrected chi connectivity index (χ3v) is 9.41. The maximum absolute atomic E-state index is 16.8. The fourth-order valence-corrected chi connectivity index (χ4v) is 7.23. The van der Waals surface area contributed by atoms with Crippen molar-refractivity contribution in [1.29, 1.82) is 0 Å². The fourth-order valence-electron chi connectivity index (χ4n) is 6.94. The molecular weight excluding hydrogens is 557 g/mol.